The van der Waals surface area contributed by atoms with Crippen molar-refractivity contribution in [2.75, 3.05) is 5.32 Å². The number of hydrogen-bond donors (Lipinski definition) is 1. The minimum atomic E-state index is -0.398. The molecule has 0 spiro atoms. The number of anilines is 1. The number of rotatable bonds is 3. The molecule has 0 saturated heterocycles. The van der Waals surface area contributed by atoms with Gasteiger partial charge >= 0.3 is 5.76 Å². The number of nitrogens with one attached hydrogen (secondary N) is 1. The van der Waals surface area contributed by atoms with Crippen molar-refractivity contribution in [3.63, 3.8) is 0 Å². The van der Waals surface area contributed by atoms with E-state index in [9.17, 15) is 9.59 Å². The monoisotopic (exact) mass is 260 g/mol. The lowest BCUT2D eigenvalue weighted by Gasteiger charge is -2.10. The van der Waals surface area contributed by atoms with Gasteiger partial charge in [-0.05, 0) is 30.9 Å². The summed E-state index contributed by atoms with van der Waals surface area (Å²) in [5.74, 6) is 0.196. The largest absolute Gasteiger partial charge is 0.419 e. The van der Waals surface area contributed by atoms with E-state index in [1.807, 2.05) is 6.92 Å². The number of oxazole rings is 1. The predicted octanol–water partition coefficient (Wildman–Crippen LogP) is 2.12. The molecule has 1 aromatic carbocycles. The van der Waals surface area contributed by atoms with Gasteiger partial charge in [-0.2, -0.15) is 0 Å². The van der Waals surface area contributed by atoms with E-state index in [1.54, 1.807) is 25.2 Å². The van der Waals surface area contributed by atoms with E-state index in [-0.39, 0.29) is 11.8 Å². The summed E-state index contributed by atoms with van der Waals surface area (Å²) in [6, 6.07) is 5.25. The fourth-order valence-corrected chi connectivity index (χ4v) is 2.28. The van der Waals surface area contributed by atoms with Crippen LogP contribution in [0.15, 0.2) is 27.4 Å². The maximum atomic E-state index is 12.0. The average molecular weight is 260 g/mol. The van der Waals surface area contributed by atoms with Crippen molar-refractivity contribution in [3.05, 3.63) is 28.7 Å². The molecule has 0 aliphatic heterocycles. The quantitative estimate of drug-likeness (QED) is 0.919. The molecule has 0 bridgehead atoms. The molecular weight excluding hydrogens is 244 g/mol. The Hall–Kier alpha value is -2.04. The maximum absolute atomic E-state index is 12.0. The first-order valence-corrected chi connectivity index (χ1v) is 6.46. The second-order valence-electron chi connectivity index (χ2n) is 5.22. The first-order chi connectivity index (χ1) is 9.06. The fraction of sp³-hybridized carbons (Fsp3) is 0.429. The minimum absolute atomic E-state index is 0.0279. The van der Waals surface area contributed by atoms with Crippen molar-refractivity contribution in [2.45, 2.75) is 19.8 Å². The first-order valence-electron chi connectivity index (χ1n) is 6.46. The van der Waals surface area contributed by atoms with Gasteiger partial charge in [-0.15, -0.1) is 0 Å². The summed E-state index contributed by atoms with van der Waals surface area (Å²) in [6.45, 7) is 1.95. The van der Waals surface area contributed by atoms with Gasteiger partial charge in [0.25, 0.3) is 0 Å². The summed E-state index contributed by atoms with van der Waals surface area (Å²) in [7, 11) is 1.65. The lowest BCUT2D eigenvalue weighted by atomic mass is 10.1. The van der Waals surface area contributed by atoms with Crippen LogP contribution in [0.1, 0.15) is 19.8 Å². The number of hydrogen-bond acceptors (Lipinski definition) is 3. The van der Waals surface area contributed by atoms with Gasteiger partial charge < -0.3 is 9.73 Å². The van der Waals surface area contributed by atoms with E-state index in [0.717, 1.165) is 18.4 Å². The Morgan fingerprint density at radius 2 is 2.21 bits per heavy atom. The van der Waals surface area contributed by atoms with Crippen LogP contribution < -0.4 is 11.1 Å². The fourth-order valence-electron chi connectivity index (χ4n) is 2.28. The van der Waals surface area contributed by atoms with Gasteiger partial charge in [-0.1, -0.05) is 6.92 Å². The number of aromatic nitrogens is 1. The van der Waals surface area contributed by atoms with Gasteiger partial charge in [-0.3, -0.25) is 9.36 Å². The van der Waals surface area contributed by atoms with Crippen molar-refractivity contribution >= 4 is 22.7 Å². The summed E-state index contributed by atoms with van der Waals surface area (Å²) in [6.07, 6.45) is 2.28. The zero-order valence-corrected chi connectivity index (χ0v) is 11.0. The van der Waals surface area contributed by atoms with Gasteiger partial charge in [0.05, 0.1) is 5.52 Å². The number of fused-ring (bicyclic) bond motifs is 1. The number of aryl methyl sites for hydroxylation is 1. The molecule has 1 aromatic heterocycles. The highest BCUT2D eigenvalue weighted by molar-refractivity contribution is 5.94. The van der Waals surface area contributed by atoms with E-state index in [2.05, 4.69) is 5.32 Å². The third kappa shape index (κ3) is 2.16. The van der Waals surface area contributed by atoms with E-state index in [4.69, 9.17) is 4.42 Å². The molecule has 1 N–H and O–H groups in total. The van der Waals surface area contributed by atoms with Crippen LogP contribution in [0.2, 0.25) is 0 Å². The van der Waals surface area contributed by atoms with Crippen LogP contribution in [0.4, 0.5) is 5.69 Å². The molecule has 1 aliphatic carbocycles. The second-order valence-corrected chi connectivity index (χ2v) is 5.22. The van der Waals surface area contributed by atoms with Gasteiger partial charge in [0.15, 0.2) is 5.58 Å². The smallest absolute Gasteiger partial charge is 0.408 e. The Kier molecular flexibility index (Phi) is 2.69. The molecule has 1 heterocycles. The van der Waals surface area contributed by atoms with Crippen LogP contribution in [0.3, 0.4) is 0 Å². The number of carbonyl (C=O) groups excluding carboxylic acids is 1. The van der Waals surface area contributed by atoms with Gasteiger partial charge in [-0.25, -0.2) is 4.79 Å². The highest BCUT2D eigenvalue weighted by Crippen LogP contribution is 2.37. The molecule has 2 aromatic rings. The predicted molar refractivity (Wildman–Crippen MR) is 72.0 cm³/mol. The third-order valence-electron chi connectivity index (χ3n) is 3.80. The highest BCUT2D eigenvalue weighted by atomic mass is 16.4. The Balaban J connectivity index is 1.85. The van der Waals surface area contributed by atoms with Crippen molar-refractivity contribution in [3.8, 4) is 0 Å². The molecule has 1 fully saturated rings. The lowest BCUT2D eigenvalue weighted by Crippen LogP contribution is -2.21. The Labute approximate surface area is 110 Å². The van der Waals surface area contributed by atoms with Gasteiger partial charge in [0.2, 0.25) is 5.91 Å². The summed E-state index contributed by atoms with van der Waals surface area (Å²) < 4.78 is 6.54. The number of nitrogens with zero attached hydrogens (tertiary/aromatic N) is 1. The number of amides is 1. The molecule has 0 radical (unpaired) electrons. The van der Waals surface area contributed by atoms with Crippen molar-refractivity contribution in [1.82, 2.24) is 4.57 Å². The van der Waals surface area contributed by atoms with E-state index < -0.39 is 5.76 Å². The number of benzene rings is 1. The van der Waals surface area contributed by atoms with E-state index in [0.29, 0.717) is 17.2 Å². The second kappa shape index (κ2) is 4.26. The van der Waals surface area contributed by atoms with Crippen LogP contribution in [-0.2, 0) is 11.8 Å². The van der Waals surface area contributed by atoms with E-state index >= 15 is 0 Å². The third-order valence-corrected chi connectivity index (χ3v) is 3.80. The van der Waals surface area contributed by atoms with Crippen LogP contribution in [0, 0.1) is 11.8 Å². The highest BCUT2D eigenvalue weighted by Gasteiger charge is 2.32. The van der Waals surface area contributed by atoms with Crippen molar-refractivity contribution in [1.29, 1.82) is 0 Å². The molecule has 100 valence electrons. The standard InChI is InChI=1S/C14H16N2O3/c1-8(9-3-4-9)13(17)15-10-5-6-11-12(7-10)19-14(18)16(11)2/h5-9H,3-4H2,1-2H3,(H,15,17). The maximum Gasteiger partial charge on any atom is 0.419 e. The normalized spacial score (nSPS) is 16.5. The minimum Gasteiger partial charge on any atom is -0.408 e. The summed E-state index contributed by atoms with van der Waals surface area (Å²) >= 11 is 0. The van der Waals surface area contributed by atoms with Crippen LogP contribution in [0.25, 0.3) is 11.1 Å². The number of carbonyl (C=O) groups is 1. The Bertz CT molecular complexity index is 694. The first kappa shape index (κ1) is 12.0. The molecular formula is C14H16N2O3. The van der Waals surface area contributed by atoms with Gasteiger partial charge in [0.1, 0.15) is 0 Å². The average Bonchev–Trinajstić information content (AvgIpc) is 3.17. The van der Waals surface area contributed by atoms with Crippen molar-refractivity contribution in [2.24, 2.45) is 18.9 Å². The molecule has 1 amide bonds. The zero-order valence-electron chi connectivity index (χ0n) is 11.0. The molecule has 1 aliphatic rings. The summed E-state index contributed by atoms with van der Waals surface area (Å²) in [5, 5.41) is 2.87. The SMILES string of the molecule is CC(C(=O)Nc1ccc2c(c1)oc(=O)n2C)C1CC1. The van der Waals surface area contributed by atoms with Crippen molar-refractivity contribution < 1.29 is 9.21 Å². The molecule has 19 heavy (non-hydrogen) atoms. The zero-order chi connectivity index (χ0) is 13.6. The Morgan fingerprint density at radius 3 is 2.89 bits per heavy atom. The summed E-state index contributed by atoms with van der Waals surface area (Å²) in [4.78, 5) is 23.4. The molecule has 5 heteroatoms. The molecule has 3 rings (SSSR count). The molecule has 1 saturated carbocycles. The lowest BCUT2D eigenvalue weighted by molar-refractivity contribution is -0.119. The molecule has 5 nitrogen and oxygen atoms in total. The topological polar surface area (TPSA) is 64.2 Å². The molecule has 1 atom stereocenters. The van der Waals surface area contributed by atoms with Crippen LogP contribution in [-0.4, -0.2) is 10.5 Å². The van der Waals surface area contributed by atoms with Crippen LogP contribution in [0.5, 0.6) is 0 Å². The Morgan fingerprint density at radius 1 is 1.47 bits per heavy atom. The van der Waals surface area contributed by atoms with Crippen LogP contribution >= 0.6 is 0 Å². The molecule has 1 unspecified atom stereocenters. The van der Waals surface area contributed by atoms with E-state index in [1.165, 1.54) is 4.57 Å². The van der Waals surface area contributed by atoms with Gasteiger partial charge in [0, 0.05) is 24.7 Å². The summed E-state index contributed by atoms with van der Waals surface area (Å²) in [5.41, 5.74) is 1.88.